The molecule has 0 fully saturated rings. The minimum Gasteiger partial charge on any atom is -0.388 e. The summed E-state index contributed by atoms with van der Waals surface area (Å²) in [7, 11) is 0. The van der Waals surface area contributed by atoms with Crippen molar-refractivity contribution in [3.8, 4) is 11.4 Å². The van der Waals surface area contributed by atoms with Crippen LogP contribution in [-0.2, 0) is 13.2 Å². The number of hydrogen-bond donors (Lipinski definition) is 1. The summed E-state index contributed by atoms with van der Waals surface area (Å²) in [5.41, 5.74) is 0.641. The molecule has 96 valence electrons. The molecule has 4 nitrogen and oxygen atoms in total. The van der Waals surface area contributed by atoms with E-state index in [-0.39, 0.29) is 12.4 Å². The van der Waals surface area contributed by atoms with Gasteiger partial charge in [-0.3, -0.25) is 0 Å². The Morgan fingerprint density at radius 3 is 2.72 bits per heavy atom. The Hall–Kier alpha value is -1.27. The fourth-order valence-electron chi connectivity index (χ4n) is 1.81. The SMILES string of the molecule is CCCn1c(CO)nnc1-c1cc(F)cc(Br)c1. The zero-order valence-electron chi connectivity index (χ0n) is 9.90. The Kier molecular flexibility index (Phi) is 4.08. The second-order valence-corrected chi connectivity index (χ2v) is 4.82. The number of hydrogen-bond acceptors (Lipinski definition) is 3. The van der Waals surface area contributed by atoms with Crippen LogP contribution in [-0.4, -0.2) is 19.9 Å². The van der Waals surface area contributed by atoms with E-state index < -0.39 is 0 Å². The van der Waals surface area contributed by atoms with Crippen LogP contribution in [0, 0.1) is 5.82 Å². The quantitative estimate of drug-likeness (QED) is 0.944. The van der Waals surface area contributed by atoms with E-state index >= 15 is 0 Å². The Morgan fingerprint density at radius 2 is 2.11 bits per heavy atom. The second-order valence-electron chi connectivity index (χ2n) is 3.91. The van der Waals surface area contributed by atoms with Gasteiger partial charge in [0.25, 0.3) is 0 Å². The van der Waals surface area contributed by atoms with Crippen LogP contribution in [0.25, 0.3) is 11.4 Å². The van der Waals surface area contributed by atoms with Gasteiger partial charge >= 0.3 is 0 Å². The minimum atomic E-state index is -0.337. The number of benzene rings is 1. The summed E-state index contributed by atoms with van der Waals surface area (Å²) in [4.78, 5) is 0. The molecule has 0 unspecified atom stereocenters. The normalized spacial score (nSPS) is 10.9. The van der Waals surface area contributed by atoms with Crippen molar-refractivity contribution in [1.29, 1.82) is 0 Å². The first-order valence-electron chi connectivity index (χ1n) is 5.65. The van der Waals surface area contributed by atoms with Gasteiger partial charge in [0.2, 0.25) is 0 Å². The number of aromatic nitrogens is 3. The molecule has 0 bridgehead atoms. The molecule has 0 aliphatic carbocycles. The molecule has 6 heteroatoms. The lowest BCUT2D eigenvalue weighted by molar-refractivity contribution is 0.264. The van der Waals surface area contributed by atoms with Crippen molar-refractivity contribution >= 4 is 15.9 Å². The molecule has 0 radical (unpaired) electrons. The lowest BCUT2D eigenvalue weighted by Crippen LogP contribution is -2.05. The fourth-order valence-corrected chi connectivity index (χ4v) is 2.27. The van der Waals surface area contributed by atoms with Gasteiger partial charge in [0, 0.05) is 16.6 Å². The zero-order valence-corrected chi connectivity index (χ0v) is 11.5. The standard InChI is InChI=1S/C12H13BrFN3O/c1-2-3-17-11(7-18)15-16-12(17)8-4-9(13)6-10(14)5-8/h4-6,18H,2-3,7H2,1H3. The van der Waals surface area contributed by atoms with Crippen molar-refractivity contribution in [3.63, 3.8) is 0 Å². The molecule has 1 aromatic carbocycles. The number of nitrogens with zero attached hydrogens (tertiary/aromatic N) is 3. The monoisotopic (exact) mass is 313 g/mol. The van der Waals surface area contributed by atoms with Crippen LogP contribution in [0.2, 0.25) is 0 Å². The molecular weight excluding hydrogens is 301 g/mol. The molecule has 0 atom stereocenters. The molecule has 1 heterocycles. The summed E-state index contributed by atoms with van der Waals surface area (Å²) in [6.45, 7) is 2.53. The van der Waals surface area contributed by atoms with E-state index in [1.165, 1.54) is 12.1 Å². The molecule has 0 aliphatic heterocycles. The summed E-state index contributed by atoms with van der Waals surface area (Å²) in [6.07, 6.45) is 0.883. The molecular formula is C12H13BrFN3O. The number of aliphatic hydroxyl groups excluding tert-OH is 1. The molecule has 2 aromatic rings. The molecule has 0 aliphatic rings. The molecule has 0 spiro atoms. The average Bonchev–Trinajstić information content (AvgIpc) is 2.71. The van der Waals surface area contributed by atoms with Crippen LogP contribution < -0.4 is 0 Å². The van der Waals surface area contributed by atoms with Crippen LogP contribution in [0.3, 0.4) is 0 Å². The first kappa shape index (κ1) is 13.2. The summed E-state index contributed by atoms with van der Waals surface area (Å²) in [5, 5.41) is 17.1. The predicted octanol–water partition coefficient (Wildman–Crippen LogP) is 2.75. The summed E-state index contributed by atoms with van der Waals surface area (Å²) < 4.78 is 15.8. The van der Waals surface area contributed by atoms with Crippen molar-refractivity contribution < 1.29 is 9.50 Å². The topological polar surface area (TPSA) is 50.9 Å². The van der Waals surface area contributed by atoms with Gasteiger partial charge in [0.1, 0.15) is 12.4 Å². The minimum absolute atomic E-state index is 0.177. The van der Waals surface area contributed by atoms with Crippen LogP contribution in [0.1, 0.15) is 19.2 Å². The summed E-state index contributed by atoms with van der Waals surface area (Å²) in [5.74, 6) is 0.726. The van der Waals surface area contributed by atoms with E-state index in [1.54, 1.807) is 10.6 Å². The Morgan fingerprint density at radius 1 is 1.33 bits per heavy atom. The molecule has 0 amide bonds. The molecule has 1 aromatic heterocycles. The van der Waals surface area contributed by atoms with Crippen molar-refractivity contribution in [1.82, 2.24) is 14.8 Å². The number of aliphatic hydroxyl groups is 1. The third-order valence-electron chi connectivity index (χ3n) is 2.54. The number of rotatable bonds is 4. The van der Waals surface area contributed by atoms with E-state index in [0.29, 0.717) is 28.2 Å². The molecule has 1 N–H and O–H groups in total. The maximum absolute atomic E-state index is 13.4. The average molecular weight is 314 g/mol. The zero-order chi connectivity index (χ0) is 13.1. The third kappa shape index (κ3) is 2.59. The number of halogens is 2. The highest BCUT2D eigenvalue weighted by Gasteiger charge is 2.13. The van der Waals surface area contributed by atoms with E-state index in [2.05, 4.69) is 26.1 Å². The van der Waals surface area contributed by atoms with Gasteiger partial charge in [-0.1, -0.05) is 22.9 Å². The fraction of sp³-hybridized carbons (Fsp3) is 0.333. The van der Waals surface area contributed by atoms with Crippen molar-refractivity contribution in [2.75, 3.05) is 0 Å². The van der Waals surface area contributed by atoms with E-state index in [9.17, 15) is 9.50 Å². The van der Waals surface area contributed by atoms with E-state index in [4.69, 9.17) is 0 Å². The summed E-state index contributed by atoms with van der Waals surface area (Å²) >= 11 is 3.25. The predicted molar refractivity (Wildman–Crippen MR) is 69.3 cm³/mol. The molecule has 0 saturated heterocycles. The maximum Gasteiger partial charge on any atom is 0.164 e. The highest BCUT2D eigenvalue weighted by Crippen LogP contribution is 2.24. The second kappa shape index (κ2) is 5.58. The third-order valence-corrected chi connectivity index (χ3v) is 2.99. The lowest BCUT2D eigenvalue weighted by atomic mass is 10.2. The van der Waals surface area contributed by atoms with Gasteiger partial charge in [-0.25, -0.2) is 4.39 Å². The summed E-state index contributed by atoms with van der Waals surface area (Å²) in [6, 6.07) is 4.57. The van der Waals surface area contributed by atoms with E-state index in [0.717, 1.165) is 6.42 Å². The van der Waals surface area contributed by atoms with Crippen molar-refractivity contribution in [2.24, 2.45) is 0 Å². The highest BCUT2D eigenvalue weighted by atomic mass is 79.9. The highest BCUT2D eigenvalue weighted by molar-refractivity contribution is 9.10. The first-order valence-corrected chi connectivity index (χ1v) is 6.44. The molecule has 2 rings (SSSR count). The van der Waals surface area contributed by atoms with Crippen molar-refractivity contribution in [3.05, 3.63) is 34.3 Å². The largest absolute Gasteiger partial charge is 0.388 e. The van der Waals surface area contributed by atoms with Crippen molar-refractivity contribution in [2.45, 2.75) is 26.5 Å². The van der Waals surface area contributed by atoms with Gasteiger partial charge in [-0.15, -0.1) is 10.2 Å². The van der Waals surface area contributed by atoms with Crippen LogP contribution in [0.15, 0.2) is 22.7 Å². The van der Waals surface area contributed by atoms with Gasteiger partial charge < -0.3 is 9.67 Å². The molecule has 18 heavy (non-hydrogen) atoms. The Labute approximate surface area is 113 Å². The van der Waals surface area contributed by atoms with Crippen LogP contribution in [0.4, 0.5) is 4.39 Å². The van der Waals surface area contributed by atoms with Gasteiger partial charge in [-0.2, -0.15) is 0 Å². The van der Waals surface area contributed by atoms with Gasteiger partial charge in [0.15, 0.2) is 11.6 Å². The van der Waals surface area contributed by atoms with Crippen LogP contribution in [0.5, 0.6) is 0 Å². The van der Waals surface area contributed by atoms with Gasteiger partial charge in [0.05, 0.1) is 0 Å². The lowest BCUT2D eigenvalue weighted by Gasteiger charge is -2.08. The van der Waals surface area contributed by atoms with Gasteiger partial charge in [-0.05, 0) is 24.6 Å². The maximum atomic E-state index is 13.4. The van der Waals surface area contributed by atoms with Crippen LogP contribution >= 0.6 is 15.9 Å². The first-order chi connectivity index (χ1) is 8.65. The van der Waals surface area contributed by atoms with E-state index in [1.807, 2.05) is 6.92 Å². The smallest absolute Gasteiger partial charge is 0.164 e. The molecule has 0 saturated carbocycles. The Bertz CT molecular complexity index is 536. The Balaban J connectivity index is 2.52.